The molecular formula is C14H27N3O3. The Balaban J connectivity index is 2.66. The lowest BCUT2D eigenvalue weighted by Crippen LogP contribution is -2.52. The number of rotatable bonds is 4. The average Bonchev–Trinajstić information content (AvgIpc) is 2.58. The van der Waals surface area contributed by atoms with Crippen LogP contribution in [-0.4, -0.2) is 65.7 Å². The molecule has 0 aromatic heterocycles. The molecule has 1 fully saturated rings. The van der Waals surface area contributed by atoms with Gasteiger partial charge in [0.15, 0.2) is 0 Å². The first-order valence-corrected chi connectivity index (χ1v) is 7.35. The van der Waals surface area contributed by atoms with E-state index in [1.165, 1.54) is 0 Å². The molecule has 0 spiro atoms. The van der Waals surface area contributed by atoms with Crippen molar-refractivity contribution in [2.75, 3.05) is 26.7 Å². The lowest BCUT2D eigenvalue weighted by atomic mass is 10.0. The number of carbonyl (C=O) groups excluding carboxylic acids is 1. The lowest BCUT2D eigenvalue weighted by Gasteiger charge is -2.32. The van der Waals surface area contributed by atoms with Crippen LogP contribution in [0.3, 0.4) is 0 Å². The van der Waals surface area contributed by atoms with Gasteiger partial charge >= 0.3 is 12.0 Å². The zero-order chi connectivity index (χ0) is 15.3. The highest BCUT2D eigenvalue weighted by atomic mass is 16.4. The van der Waals surface area contributed by atoms with E-state index in [9.17, 15) is 9.59 Å². The summed E-state index contributed by atoms with van der Waals surface area (Å²) in [5, 5.41) is 11.8. The molecular weight excluding hydrogens is 258 g/mol. The fourth-order valence-electron chi connectivity index (χ4n) is 2.48. The number of carbonyl (C=O) groups is 2. The van der Waals surface area contributed by atoms with E-state index >= 15 is 0 Å². The highest BCUT2D eigenvalue weighted by Crippen LogP contribution is 2.13. The summed E-state index contributed by atoms with van der Waals surface area (Å²) in [4.78, 5) is 27.4. The molecule has 0 saturated carbocycles. The number of hydrogen-bond donors (Lipinski definition) is 2. The molecule has 2 N–H and O–H groups in total. The van der Waals surface area contributed by atoms with Crippen LogP contribution in [0.5, 0.6) is 0 Å². The maximum Gasteiger partial charge on any atom is 0.317 e. The fraction of sp³-hybridized carbons (Fsp3) is 0.857. The van der Waals surface area contributed by atoms with Crippen LogP contribution < -0.4 is 5.32 Å². The van der Waals surface area contributed by atoms with Crippen LogP contribution in [0.2, 0.25) is 0 Å². The Bertz CT molecular complexity index is 349. The smallest absolute Gasteiger partial charge is 0.317 e. The summed E-state index contributed by atoms with van der Waals surface area (Å²) in [5.41, 5.74) is 0. The Morgan fingerprint density at radius 1 is 1.35 bits per heavy atom. The predicted molar refractivity (Wildman–Crippen MR) is 77.7 cm³/mol. The molecule has 20 heavy (non-hydrogen) atoms. The molecule has 6 heteroatoms. The summed E-state index contributed by atoms with van der Waals surface area (Å²) in [6.45, 7) is 8.01. The van der Waals surface area contributed by atoms with Gasteiger partial charge in [-0.3, -0.25) is 4.79 Å². The summed E-state index contributed by atoms with van der Waals surface area (Å²) in [6.07, 6.45) is 1.85. The van der Waals surface area contributed by atoms with E-state index < -0.39 is 11.9 Å². The summed E-state index contributed by atoms with van der Waals surface area (Å²) in [6, 6.07) is -0.332. The monoisotopic (exact) mass is 285 g/mol. The van der Waals surface area contributed by atoms with Crippen molar-refractivity contribution >= 4 is 12.0 Å². The Morgan fingerprint density at radius 2 is 2.00 bits per heavy atom. The van der Waals surface area contributed by atoms with Gasteiger partial charge in [-0.2, -0.15) is 0 Å². The number of likely N-dealkylation sites (N-methyl/N-ethyl adjacent to an activating group) is 1. The second-order valence-corrected chi connectivity index (χ2v) is 5.74. The van der Waals surface area contributed by atoms with Gasteiger partial charge in [-0.1, -0.05) is 6.92 Å². The highest BCUT2D eigenvalue weighted by molar-refractivity contribution is 5.77. The molecule has 3 atom stereocenters. The molecule has 0 bridgehead atoms. The third-order valence-electron chi connectivity index (χ3n) is 4.12. The maximum absolute atomic E-state index is 12.4. The molecule has 3 unspecified atom stereocenters. The normalized spacial score (nSPS) is 23.8. The van der Waals surface area contributed by atoms with Gasteiger partial charge in [-0.25, -0.2) is 4.79 Å². The zero-order valence-corrected chi connectivity index (χ0v) is 12.9. The van der Waals surface area contributed by atoms with Crippen molar-refractivity contribution in [2.24, 2.45) is 5.92 Å². The van der Waals surface area contributed by atoms with Crippen molar-refractivity contribution in [1.29, 1.82) is 0 Å². The van der Waals surface area contributed by atoms with E-state index in [2.05, 4.69) is 24.2 Å². The van der Waals surface area contributed by atoms with Crippen LogP contribution >= 0.6 is 0 Å². The fourth-order valence-corrected chi connectivity index (χ4v) is 2.48. The van der Waals surface area contributed by atoms with Gasteiger partial charge in [0.25, 0.3) is 0 Å². The third-order valence-corrected chi connectivity index (χ3v) is 4.12. The minimum Gasteiger partial charge on any atom is -0.481 e. The van der Waals surface area contributed by atoms with Gasteiger partial charge in [0.2, 0.25) is 0 Å². The number of nitrogens with zero attached hydrogens (tertiary/aromatic N) is 2. The predicted octanol–water partition coefficient (Wildman–Crippen LogP) is 1.22. The number of nitrogens with one attached hydrogen (secondary N) is 1. The molecule has 6 nitrogen and oxygen atoms in total. The standard InChI is InChI=1S/C14H27N3O3/c1-5-12-9-16(4)7-6-8-17(12)14(20)15-11(3)10(2)13(18)19/h10-12H,5-9H2,1-4H3,(H,15,20)(H,18,19). The summed E-state index contributed by atoms with van der Waals surface area (Å²) < 4.78 is 0. The topological polar surface area (TPSA) is 72.9 Å². The number of aliphatic carboxylic acids is 1. The van der Waals surface area contributed by atoms with E-state index in [0.29, 0.717) is 0 Å². The highest BCUT2D eigenvalue weighted by Gasteiger charge is 2.28. The van der Waals surface area contributed by atoms with E-state index in [1.54, 1.807) is 13.8 Å². The first-order chi connectivity index (χ1) is 9.36. The molecule has 1 saturated heterocycles. The molecule has 2 amide bonds. The van der Waals surface area contributed by atoms with Crippen molar-refractivity contribution < 1.29 is 14.7 Å². The zero-order valence-electron chi connectivity index (χ0n) is 12.9. The molecule has 1 rings (SSSR count). The van der Waals surface area contributed by atoms with Gasteiger partial charge in [0, 0.05) is 25.2 Å². The molecule has 0 aromatic rings. The van der Waals surface area contributed by atoms with E-state index in [0.717, 1.165) is 32.5 Å². The molecule has 1 heterocycles. The van der Waals surface area contributed by atoms with Crippen molar-refractivity contribution in [2.45, 2.75) is 45.7 Å². The SMILES string of the molecule is CCC1CN(C)CCCN1C(=O)NC(C)C(C)C(=O)O. The maximum atomic E-state index is 12.4. The Morgan fingerprint density at radius 3 is 2.55 bits per heavy atom. The number of hydrogen-bond acceptors (Lipinski definition) is 3. The molecule has 0 aromatic carbocycles. The van der Waals surface area contributed by atoms with Crippen molar-refractivity contribution in [1.82, 2.24) is 15.1 Å². The Hall–Kier alpha value is -1.30. The van der Waals surface area contributed by atoms with Crippen molar-refractivity contribution in [3.8, 4) is 0 Å². The van der Waals surface area contributed by atoms with Crippen LogP contribution in [0.25, 0.3) is 0 Å². The molecule has 1 aliphatic rings. The van der Waals surface area contributed by atoms with Crippen molar-refractivity contribution in [3.05, 3.63) is 0 Å². The average molecular weight is 285 g/mol. The minimum absolute atomic E-state index is 0.146. The van der Waals surface area contributed by atoms with Crippen molar-refractivity contribution in [3.63, 3.8) is 0 Å². The number of carboxylic acids is 1. The number of carboxylic acid groups (broad SMARTS) is 1. The largest absolute Gasteiger partial charge is 0.481 e. The summed E-state index contributed by atoms with van der Waals surface area (Å²) >= 11 is 0. The van der Waals surface area contributed by atoms with Gasteiger partial charge < -0.3 is 20.2 Å². The molecule has 116 valence electrons. The van der Waals surface area contributed by atoms with Gasteiger partial charge in [-0.05, 0) is 40.3 Å². The lowest BCUT2D eigenvalue weighted by molar-refractivity contribution is -0.141. The second-order valence-electron chi connectivity index (χ2n) is 5.74. The molecule has 0 aliphatic carbocycles. The molecule has 1 aliphatic heterocycles. The van der Waals surface area contributed by atoms with Crippen LogP contribution in [0.4, 0.5) is 4.79 Å². The van der Waals surface area contributed by atoms with Gasteiger partial charge in [0.05, 0.1) is 5.92 Å². The van der Waals surface area contributed by atoms with Gasteiger partial charge in [-0.15, -0.1) is 0 Å². The second kappa shape index (κ2) is 7.47. The quantitative estimate of drug-likeness (QED) is 0.814. The first-order valence-electron chi connectivity index (χ1n) is 7.35. The van der Waals surface area contributed by atoms with Crippen LogP contribution in [0.1, 0.15) is 33.6 Å². The Labute approximate surface area is 121 Å². The van der Waals surface area contributed by atoms with E-state index in [4.69, 9.17) is 5.11 Å². The third kappa shape index (κ3) is 4.37. The van der Waals surface area contributed by atoms with E-state index in [-0.39, 0.29) is 18.1 Å². The first kappa shape index (κ1) is 16.8. The summed E-state index contributed by atoms with van der Waals surface area (Å²) in [5.74, 6) is -1.48. The van der Waals surface area contributed by atoms with Gasteiger partial charge in [0.1, 0.15) is 0 Å². The Kier molecular flexibility index (Phi) is 6.26. The minimum atomic E-state index is -0.888. The van der Waals surface area contributed by atoms with E-state index in [1.807, 2.05) is 4.90 Å². The summed E-state index contributed by atoms with van der Waals surface area (Å²) in [7, 11) is 2.07. The van der Waals surface area contributed by atoms with Crippen LogP contribution in [0.15, 0.2) is 0 Å². The number of amides is 2. The van der Waals surface area contributed by atoms with Crippen LogP contribution in [0, 0.1) is 5.92 Å². The van der Waals surface area contributed by atoms with Crippen LogP contribution in [-0.2, 0) is 4.79 Å². The molecule has 0 radical (unpaired) electrons. The number of urea groups is 1.